The van der Waals surface area contributed by atoms with Gasteiger partial charge < -0.3 is 4.90 Å². The van der Waals surface area contributed by atoms with Gasteiger partial charge >= 0.3 is 0 Å². The van der Waals surface area contributed by atoms with E-state index in [2.05, 4.69) is 39.4 Å². The number of likely N-dealkylation sites (tertiary alicyclic amines) is 1. The average molecular weight is 418 g/mol. The molecular weight excluding hydrogens is 390 g/mol. The van der Waals surface area contributed by atoms with Crippen LogP contribution in [0.3, 0.4) is 0 Å². The molecule has 3 aromatic rings. The van der Waals surface area contributed by atoms with E-state index in [-0.39, 0.29) is 5.91 Å². The van der Waals surface area contributed by atoms with Crippen molar-refractivity contribution in [3.8, 4) is 11.3 Å². The zero-order valence-corrected chi connectivity index (χ0v) is 18.0. The summed E-state index contributed by atoms with van der Waals surface area (Å²) in [5.41, 5.74) is 1.95. The first kappa shape index (κ1) is 19.6. The molecule has 2 aromatic carbocycles. The average Bonchev–Trinajstić information content (AvgIpc) is 2.82. The van der Waals surface area contributed by atoms with Gasteiger partial charge in [-0.3, -0.25) is 4.79 Å². The molecule has 154 valence electrons. The Morgan fingerprint density at radius 2 is 1.63 bits per heavy atom. The number of piperidine rings is 1. The maximum absolute atomic E-state index is 13.1. The summed E-state index contributed by atoms with van der Waals surface area (Å²) in [5.74, 6) is 1.41. The van der Waals surface area contributed by atoms with Crippen molar-refractivity contribution >= 4 is 28.4 Å². The molecule has 1 saturated carbocycles. The number of carbonyl (C=O) groups is 1. The van der Waals surface area contributed by atoms with Crippen molar-refractivity contribution in [3.05, 3.63) is 54.6 Å². The zero-order chi connectivity index (χ0) is 20.3. The molecular formula is C25H27N3OS. The van der Waals surface area contributed by atoms with E-state index in [0.29, 0.717) is 17.7 Å². The molecule has 2 atom stereocenters. The van der Waals surface area contributed by atoms with Crippen molar-refractivity contribution in [1.29, 1.82) is 0 Å². The van der Waals surface area contributed by atoms with Crippen LogP contribution in [-0.2, 0) is 4.79 Å². The van der Waals surface area contributed by atoms with Gasteiger partial charge in [-0.15, -0.1) is 10.2 Å². The highest BCUT2D eigenvalue weighted by atomic mass is 32.2. The number of benzene rings is 2. The van der Waals surface area contributed by atoms with Gasteiger partial charge in [0.25, 0.3) is 0 Å². The maximum atomic E-state index is 13.1. The molecule has 0 spiro atoms. The highest BCUT2D eigenvalue weighted by molar-refractivity contribution is 8.00. The van der Waals surface area contributed by atoms with E-state index in [0.717, 1.165) is 40.0 Å². The Bertz CT molecular complexity index is 1040. The largest absolute Gasteiger partial charge is 0.339 e. The van der Waals surface area contributed by atoms with Gasteiger partial charge in [0.15, 0.2) is 0 Å². The lowest BCUT2D eigenvalue weighted by molar-refractivity contribution is -0.134. The number of amides is 1. The maximum Gasteiger partial charge on any atom is 0.233 e. The Balaban J connectivity index is 1.36. The van der Waals surface area contributed by atoms with E-state index in [1.807, 2.05) is 30.3 Å². The van der Waals surface area contributed by atoms with Crippen molar-refractivity contribution in [3.63, 3.8) is 0 Å². The van der Waals surface area contributed by atoms with Crippen LogP contribution < -0.4 is 0 Å². The number of aromatic nitrogens is 2. The van der Waals surface area contributed by atoms with Gasteiger partial charge in [0.2, 0.25) is 5.91 Å². The standard InChI is InChI=1S/C25H27N3OS/c29-23(28-16-8-12-18-9-4-7-15-22(18)28)17-30-25-21-14-6-5-13-20(21)24(26-27-25)19-10-2-1-3-11-19/h1-3,5-6,10-11,13-14,18,22H,4,7-9,12,15-17H2/t18-,22+/m0/s1. The molecule has 30 heavy (non-hydrogen) atoms. The topological polar surface area (TPSA) is 46.1 Å². The third kappa shape index (κ3) is 3.83. The van der Waals surface area contributed by atoms with Crippen LogP contribution >= 0.6 is 11.8 Å². The predicted molar refractivity (Wildman–Crippen MR) is 122 cm³/mol. The van der Waals surface area contributed by atoms with Gasteiger partial charge in [0, 0.05) is 28.9 Å². The third-order valence-corrected chi connectivity index (χ3v) is 7.56. The van der Waals surface area contributed by atoms with Gasteiger partial charge in [-0.2, -0.15) is 0 Å². The minimum Gasteiger partial charge on any atom is -0.339 e. The minimum absolute atomic E-state index is 0.259. The van der Waals surface area contributed by atoms with Gasteiger partial charge in [-0.1, -0.05) is 79.2 Å². The number of thioether (sulfide) groups is 1. The van der Waals surface area contributed by atoms with E-state index in [1.165, 1.54) is 43.9 Å². The quantitative estimate of drug-likeness (QED) is 0.521. The van der Waals surface area contributed by atoms with E-state index < -0.39 is 0 Å². The summed E-state index contributed by atoms with van der Waals surface area (Å²) in [6.45, 7) is 0.917. The summed E-state index contributed by atoms with van der Waals surface area (Å²) in [4.78, 5) is 15.3. The van der Waals surface area contributed by atoms with Crippen LogP contribution in [-0.4, -0.2) is 39.3 Å². The van der Waals surface area contributed by atoms with Crippen molar-refractivity contribution in [1.82, 2.24) is 15.1 Å². The number of fused-ring (bicyclic) bond motifs is 2. The summed E-state index contributed by atoms with van der Waals surface area (Å²) < 4.78 is 0. The second kappa shape index (κ2) is 8.76. The molecule has 2 fully saturated rings. The molecule has 1 aromatic heterocycles. The first-order chi connectivity index (χ1) is 14.8. The summed E-state index contributed by atoms with van der Waals surface area (Å²) in [7, 11) is 0. The first-order valence-corrected chi connectivity index (χ1v) is 12.0. The van der Waals surface area contributed by atoms with Gasteiger partial charge in [0.05, 0.1) is 5.75 Å². The lowest BCUT2D eigenvalue weighted by Crippen LogP contribution is -2.50. The Morgan fingerprint density at radius 3 is 2.50 bits per heavy atom. The summed E-state index contributed by atoms with van der Waals surface area (Å²) in [5, 5.41) is 12.1. The molecule has 1 saturated heterocycles. The minimum atomic E-state index is 0.259. The fraction of sp³-hybridized carbons (Fsp3) is 0.400. The summed E-state index contributed by atoms with van der Waals surface area (Å²) in [6, 6.07) is 18.9. The normalized spacial score (nSPS) is 21.4. The lowest BCUT2D eigenvalue weighted by Gasteiger charge is -2.44. The monoisotopic (exact) mass is 417 g/mol. The fourth-order valence-corrected chi connectivity index (χ4v) is 6.00. The van der Waals surface area contributed by atoms with Crippen molar-refractivity contribution < 1.29 is 4.79 Å². The van der Waals surface area contributed by atoms with Crippen LogP contribution in [0.5, 0.6) is 0 Å². The van der Waals surface area contributed by atoms with Crippen LogP contribution in [0.15, 0.2) is 59.6 Å². The number of hydrogen-bond donors (Lipinski definition) is 0. The number of nitrogens with zero attached hydrogens (tertiary/aromatic N) is 3. The lowest BCUT2D eigenvalue weighted by atomic mass is 9.78. The number of hydrogen-bond acceptors (Lipinski definition) is 4. The predicted octanol–water partition coefficient (Wildman–Crippen LogP) is 5.57. The molecule has 0 radical (unpaired) electrons. The Kier molecular flexibility index (Phi) is 5.71. The summed E-state index contributed by atoms with van der Waals surface area (Å²) >= 11 is 1.53. The SMILES string of the molecule is O=C(CSc1nnc(-c2ccccc2)c2ccccc12)N1CCC[C@@H]2CCCC[C@H]21. The zero-order valence-electron chi connectivity index (χ0n) is 17.2. The van der Waals surface area contributed by atoms with Crippen molar-refractivity contribution in [2.75, 3.05) is 12.3 Å². The van der Waals surface area contributed by atoms with E-state index in [1.54, 1.807) is 0 Å². The molecule has 0 N–H and O–H groups in total. The van der Waals surface area contributed by atoms with Crippen molar-refractivity contribution in [2.45, 2.75) is 49.6 Å². The molecule has 5 heteroatoms. The van der Waals surface area contributed by atoms with Gasteiger partial charge in [-0.25, -0.2) is 0 Å². The van der Waals surface area contributed by atoms with Crippen LogP contribution in [0.4, 0.5) is 0 Å². The Labute approximate surface area is 182 Å². The van der Waals surface area contributed by atoms with E-state index >= 15 is 0 Å². The highest BCUT2D eigenvalue weighted by Crippen LogP contribution is 2.36. The molecule has 0 bridgehead atoms. The molecule has 1 amide bonds. The van der Waals surface area contributed by atoms with E-state index in [4.69, 9.17) is 0 Å². The van der Waals surface area contributed by atoms with Crippen LogP contribution in [0, 0.1) is 5.92 Å². The molecule has 4 nitrogen and oxygen atoms in total. The fourth-order valence-electron chi connectivity index (χ4n) is 5.14. The van der Waals surface area contributed by atoms with Crippen LogP contribution in [0.25, 0.3) is 22.0 Å². The van der Waals surface area contributed by atoms with Gasteiger partial charge in [-0.05, 0) is 31.6 Å². The van der Waals surface area contributed by atoms with Crippen molar-refractivity contribution in [2.24, 2.45) is 5.92 Å². The summed E-state index contributed by atoms with van der Waals surface area (Å²) in [6.07, 6.45) is 7.49. The van der Waals surface area contributed by atoms with Crippen LogP contribution in [0.1, 0.15) is 38.5 Å². The Hall–Kier alpha value is -2.40. The molecule has 2 heterocycles. The smallest absolute Gasteiger partial charge is 0.233 e. The Morgan fingerprint density at radius 1 is 0.900 bits per heavy atom. The number of carbonyl (C=O) groups excluding carboxylic acids is 1. The molecule has 1 aliphatic heterocycles. The van der Waals surface area contributed by atoms with E-state index in [9.17, 15) is 4.79 Å². The first-order valence-electron chi connectivity index (χ1n) is 11.0. The third-order valence-electron chi connectivity index (χ3n) is 6.60. The second-order valence-corrected chi connectivity index (χ2v) is 9.36. The molecule has 1 aliphatic carbocycles. The molecule has 2 aliphatic rings. The highest BCUT2D eigenvalue weighted by Gasteiger charge is 2.35. The number of rotatable bonds is 4. The molecule has 0 unspecified atom stereocenters. The van der Waals surface area contributed by atoms with Gasteiger partial charge in [0.1, 0.15) is 10.7 Å². The second-order valence-electron chi connectivity index (χ2n) is 8.40. The molecule has 5 rings (SSSR count). The van der Waals surface area contributed by atoms with Crippen LogP contribution in [0.2, 0.25) is 0 Å².